The molecule has 11 atom stereocenters. The highest BCUT2D eigenvalue weighted by molar-refractivity contribution is 6.00. The van der Waals surface area contributed by atoms with E-state index in [0.717, 1.165) is 35.5 Å². The van der Waals surface area contributed by atoms with Crippen LogP contribution < -0.4 is 75.7 Å². The van der Waals surface area contributed by atoms with E-state index in [4.69, 9.17) is 17.2 Å². The number of benzene rings is 2. The number of nitrogens with one attached hydrogen (secondary N) is 12. The van der Waals surface area contributed by atoms with E-state index >= 15 is 0 Å². The van der Waals surface area contributed by atoms with E-state index in [0.29, 0.717) is 28.5 Å². The fourth-order valence-corrected chi connectivity index (χ4v) is 11.4. The smallest absolute Gasteiger partial charge is 0.325 e. The first kappa shape index (κ1) is 91.1. The Hall–Kier alpha value is -10.1. The van der Waals surface area contributed by atoms with Gasteiger partial charge in [0.15, 0.2) is 0 Å². The first-order valence-electron chi connectivity index (χ1n) is 36.2. The molecule has 0 saturated carbocycles. The van der Waals surface area contributed by atoms with Crippen LogP contribution in [-0.4, -0.2) is 239 Å². The van der Waals surface area contributed by atoms with Crippen LogP contribution in [0.5, 0.6) is 0 Å². The van der Waals surface area contributed by atoms with Crippen LogP contribution in [0.4, 0.5) is 0 Å². The van der Waals surface area contributed by atoms with Gasteiger partial charge in [0.2, 0.25) is 76.8 Å². The van der Waals surface area contributed by atoms with Gasteiger partial charge in [0, 0.05) is 56.9 Å². The van der Waals surface area contributed by atoms with E-state index in [-0.39, 0.29) is 70.0 Å². The van der Waals surface area contributed by atoms with Crippen molar-refractivity contribution in [2.24, 2.45) is 35.0 Å². The number of carbonyl (C=O) groups is 15. The molecule has 3 aromatic rings. The summed E-state index contributed by atoms with van der Waals surface area (Å²) < 4.78 is 0. The lowest BCUT2D eigenvalue weighted by Crippen LogP contribution is -2.61. The lowest BCUT2D eigenvalue weighted by Gasteiger charge is -2.33. The molecule has 0 spiro atoms. The molecule has 1 heterocycles. The average Bonchev–Trinajstić information content (AvgIpc) is 1.74. The number of likely N-dealkylation sites (N-methyl/N-ethyl adjacent to an activating group) is 2. The van der Waals surface area contributed by atoms with E-state index in [1.165, 1.54) is 21.0 Å². The lowest BCUT2D eigenvalue weighted by molar-refractivity contribution is -0.143. The Balaban J connectivity index is 1.85. The quantitative estimate of drug-likeness (QED) is 0.0261. The van der Waals surface area contributed by atoms with Crippen LogP contribution in [0, 0.1) is 17.8 Å². The summed E-state index contributed by atoms with van der Waals surface area (Å²) in [5.74, 6) is -15.4. The number of hydrogen-bond acceptors (Lipinski definition) is 19. The molecule has 21 N–H and O–H groups in total. The van der Waals surface area contributed by atoms with Gasteiger partial charge in [-0.2, -0.15) is 0 Å². The largest absolute Gasteiger partial charge is 0.481 e. The third kappa shape index (κ3) is 30.7. The van der Waals surface area contributed by atoms with Gasteiger partial charge in [0.25, 0.3) is 0 Å². The van der Waals surface area contributed by atoms with Crippen LogP contribution in [0.3, 0.4) is 0 Å². The molecule has 3 rings (SSSR count). The van der Waals surface area contributed by atoms with E-state index in [1.54, 1.807) is 102 Å². The molecule has 594 valence electrons. The lowest BCUT2D eigenvalue weighted by atomic mass is 9.98. The number of carbonyl (C=O) groups excluding carboxylic acids is 13. The van der Waals surface area contributed by atoms with Crippen LogP contribution in [0.1, 0.15) is 137 Å². The number of carboxylic acid groups (broad SMARTS) is 2. The molecular weight excluding hydrogens is 1390 g/mol. The van der Waals surface area contributed by atoms with Crippen molar-refractivity contribution in [3.05, 3.63) is 71.9 Å². The monoisotopic (exact) mass is 1500 g/mol. The first-order valence-corrected chi connectivity index (χ1v) is 36.2. The summed E-state index contributed by atoms with van der Waals surface area (Å²) in [7, 11) is 2.48. The number of H-pyrrole nitrogens is 1. The van der Waals surface area contributed by atoms with Gasteiger partial charge in [0.1, 0.15) is 66.5 Å². The van der Waals surface area contributed by atoms with Crippen molar-refractivity contribution in [1.82, 2.24) is 73.3 Å². The molecule has 107 heavy (non-hydrogen) atoms. The number of aliphatic hydroxyl groups excluding tert-OH is 1. The zero-order chi connectivity index (χ0) is 80.2. The minimum Gasteiger partial charge on any atom is -0.481 e. The fraction of sp³-hybridized carbons (Fsp3) is 0.597. The standard InChI is InChI=1S/C72H113N17O18/c1-11-12-13-14-18-25-55(91)85-59(40(2)3)68(102)82-49(28-31-73)62(96)77-37-56(92)80-53(39-90)65(99)84-52(35-45-36-76-47-24-20-19-23-46(45)47)70(104)88(9)38-57(93)79-50(29-32-74)63(97)83-51(30-33-75)71(105)89(10)54(34-44-21-16-15-17-22-44)66(100)81-48(26-27-58(94)95)64(98)86-61(42(6)7)69(103)87-60(41(4)5)67(101)78-43(8)72(106)107/h15-17,19-24,36,40-43,48-54,59-61,76,90H,11-14,18,25-35,37-39,73-75H2,1-10H3,(H,77,96)(H,78,101)(H,79,93)(H,80,92)(H,81,100)(H,82,102)(H,83,97)(H,84,99)(H,85,91)(H,86,98)(H,87,103)(H,94,95)(H,106,107)/t43-,48-,49+,50-,51+,52+,53+,54-,59+,60+,61-/m0/s1. The SMILES string of the molecule is CCCCCCCC(=O)N[C@@H](C(=O)N[C@H](CCN)C(=O)NCC(=O)N[C@H](CO)C(=O)N[C@H](Cc1c[nH]c2ccccc12)C(=O)N(C)CC(=O)N[C@@H](CCN)C(=O)N[C@H](CCN)C(=O)N(C)[C@@H](Cc1ccccc1)C(=O)N[C@@H](CCC(=O)O)C(=O)N[C@H](C(=O)N[C@@H](C(=O)N[C@@H](C)C(=O)O)C(C)C)C(C)C)C(C)C. The molecule has 0 aliphatic carbocycles. The second-order valence-electron chi connectivity index (χ2n) is 27.4. The molecule has 13 amide bonds. The Morgan fingerprint density at radius 2 is 0.953 bits per heavy atom. The third-order valence-electron chi connectivity index (χ3n) is 17.7. The number of aliphatic carboxylic acids is 2. The Labute approximate surface area is 623 Å². The highest BCUT2D eigenvalue weighted by Crippen LogP contribution is 2.21. The highest BCUT2D eigenvalue weighted by atomic mass is 16.4. The molecule has 0 aliphatic rings. The number of aliphatic hydroxyl groups is 1. The molecule has 0 bridgehead atoms. The van der Waals surface area contributed by atoms with Crippen LogP contribution in [0.15, 0.2) is 60.8 Å². The number of unbranched alkanes of at least 4 members (excludes halogenated alkanes) is 4. The number of aromatic nitrogens is 1. The second-order valence-corrected chi connectivity index (χ2v) is 27.4. The maximum atomic E-state index is 14.7. The molecule has 0 unspecified atom stereocenters. The van der Waals surface area contributed by atoms with Gasteiger partial charge in [-0.15, -0.1) is 0 Å². The van der Waals surface area contributed by atoms with Crippen molar-refractivity contribution < 1.29 is 87.2 Å². The molecular formula is C72H113N17O18. The predicted octanol–water partition coefficient (Wildman–Crippen LogP) is -2.46. The molecule has 0 fully saturated rings. The summed E-state index contributed by atoms with van der Waals surface area (Å²) in [6.07, 6.45) is 4.25. The Bertz CT molecular complexity index is 3480. The van der Waals surface area contributed by atoms with Crippen LogP contribution in [-0.2, 0) is 84.8 Å². The van der Waals surface area contributed by atoms with Crippen molar-refractivity contribution in [2.45, 2.75) is 205 Å². The number of fused-ring (bicyclic) bond motifs is 1. The van der Waals surface area contributed by atoms with E-state index < -0.39 is 194 Å². The first-order chi connectivity index (χ1) is 50.6. The van der Waals surface area contributed by atoms with Gasteiger partial charge in [-0.05, 0) is 93.6 Å². The maximum Gasteiger partial charge on any atom is 0.325 e. The summed E-state index contributed by atoms with van der Waals surface area (Å²) >= 11 is 0. The number of aromatic amines is 1. The third-order valence-corrected chi connectivity index (χ3v) is 17.7. The zero-order valence-corrected chi connectivity index (χ0v) is 62.9. The number of rotatable bonds is 49. The van der Waals surface area contributed by atoms with Crippen molar-refractivity contribution in [1.29, 1.82) is 0 Å². The fourth-order valence-electron chi connectivity index (χ4n) is 11.4. The van der Waals surface area contributed by atoms with Crippen molar-refractivity contribution >= 4 is 99.6 Å². The highest BCUT2D eigenvalue weighted by Gasteiger charge is 2.39. The van der Waals surface area contributed by atoms with Gasteiger partial charge in [-0.25, -0.2) is 0 Å². The summed E-state index contributed by atoms with van der Waals surface area (Å²) in [4.78, 5) is 209. The number of hydrogen-bond donors (Lipinski definition) is 18. The number of nitrogens with two attached hydrogens (primary N) is 3. The number of amides is 13. The van der Waals surface area contributed by atoms with E-state index in [1.807, 2.05) is 0 Å². The minimum atomic E-state index is -1.72. The predicted molar refractivity (Wildman–Crippen MR) is 395 cm³/mol. The van der Waals surface area contributed by atoms with Crippen molar-refractivity contribution in [3.8, 4) is 0 Å². The molecule has 0 aliphatic heterocycles. The molecule has 35 heteroatoms. The van der Waals surface area contributed by atoms with Crippen molar-refractivity contribution in [2.75, 3.05) is 53.4 Å². The Morgan fingerprint density at radius 1 is 0.467 bits per heavy atom. The average molecular weight is 1500 g/mol. The van der Waals surface area contributed by atoms with E-state index in [9.17, 15) is 87.2 Å². The summed E-state index contributed by atoms with van der Waals surface area (Å²) in [5.41, 5.74) is 19.4. The van der Waals surface area contributed by atoms with Crippen molar-refractivity contribution in [3.63, 3.8) is 0 Å². The molecule has 0 saturated heterocycles. The maximum absolute atomic E-state index is 14.7. The Kier molecular flexibility index (Phi) is 39.8. The van der Waals surface area contributed by atoms with Crippen LogP contribution >= 0.6 is 0 Å². The minimum absolute atomic E-state index is 0.0563. The normalized spacial score (nSPS) is 14.3. The van der Waals surface area contributed by atoms with Gasteiger partial charge >= 0.3 is 11.9 Å². The zero-order valence-electron chi connectivity index (χ0n) is 62.9. The second kappa shape index (κ2) is 46.7. The van der Waals surface area contributed by atoms with Gasteiger partial charge in [0.05, 0.1) is 19.7 Å². The topological polar surface area (TPSA) is 549 Å². The van der Waals surface area contributed by atoms with Gasteiger partial charge < -0.3 is 106 Å². The molecule has 0 radical (unpaired) electrons. The van der Waals surface area contributed by atoms with Gasteiger partial charge in [-0.1, -0.05) is 123 Å². The summed E-state index contributed by atoms with van der Waals surface area (Å²) in [6.45, 7) is 10.1. The Morgan fingerprint density at radius 3 is 1.53 bits per heavy atom. The van der Waals surface area contributed by atoms with Gasteiger partial charge in [-0.3, -0.25) is 71.9 Å². The molecule has 1 aromatic heterocycles. The number of para-hydroxylation sites is 1. The molecule has 2 aromatic carbocycles. The molecule has 35 nitrogen and oxygen atoms in total. The van der Waals surface area contributed by atoms with Crippen LogP contribution in [0.2, 0.25) is 0 Å². The van der Waals surface area contributed by atoms with E-state index in [2.05, 4.69) is 70.4 Å². The summed E-state index contributed by atoms with van der Waals surface area (Å²) in [5, 5.41) is 58.0. The summed E-state index contributed by atoms with van der Waals surface area (Å²) in [6, 6.07) is -0.206. The number of carboxylic acids is 2. The number of nitrogens with zero attached hydrogens (tertiary/aromatic N) is 2. The van der Waals surface area contributed by atoms with Crippen LogP contribution in [0.25, 0.3) is 10.9 Å².